The predicted molar refractivity (Wildman–Crippen MR) is 110 cm³/mol. The van der Waals surface area contributed by atoms with Gasteiger partial charge < -0.3 is 15.2 Å². The van der Waals surface area contributed by atoms with Gasteiger partial charge in [0.1, 0.15) is 0 Å². The second kappa shape index (κ2) is 7.95. The molecule has 0 aliphatic heterocycles. The van der Waals surface area contributed by atoms with Crippen LogP contribution in [0.2, 0.25) is 5.02 Å². The van der Waals surface area contributed by atoms with Gasteiger partial charge in [-0.3, -0.25) is 4.98 Å². The Kier molecular flexibility index (Phi) is 5.32. The molecular formula is C20H16ClF3N6O. The van der Waals surface area contributed by atoms with Crippen LogP contribution in [0.1, 0.15) is 11.4 Å². The highest BCUT2D eigenvalue weighted by molar-refractivity contribution is 6.30. The van der Waals surface area contributed by atoms with Crippen LogP contribution in [-0.4, -0.2) is 25.4 Å². The van der Waals surface area contributed by atoms with Crippen molar-refractivity contribution >= 4 is 34.2 Å². The molecule has 0 aliphatic rings. The molecule has 11 heteroatoms. The fourth-order valence-corrected chi connectivity index (χ4v) is 3.36. The lowest BCUT2D eigenvalue weighted by Crippen LogP contribution is -2.29. The maximum atomic E-state index is 13.2. The number of nitrogens with one attached hydrogen (secondary N) is 2. The maximum Gasteiger partial charge on any atom is 0.435 e. The van der Waals surface area contributed by atoms with Crippen LogP contribution in [0.3, 0.4) is 0 Å². The molecule has 2 amide bonds. The van der Waals surface area contributed by atoms with Gasteiger partial charge in [0, 0.05) is 29.9 Å². The van der Waals surface area contributed by atoms with Gasteiger partial charge in [-0.2, -0.15) is 18.3 Å². The molecule has 0 saturated carbocycles. The SMILES string of the molecule is Cn1cc(NC(=O)NCc2cc(C(F)(F)F)nn2-c2cccc(Cl)c2)c2ccncc21. The van der Waals surface area contributed by atoms with Gasteiger partial charge in [-0.1, -0.05) is 17.7 Å². The average Bonchev–Trinajstić information content (AvgIpc) is 3.29. The van der Waals surface area contributed by atoms with Crippen molar-refractivity contribution in [1.29, 1.82) is 0 Å². The fraction of sp³-hybridized carbons (Fsp3) is 0.150. The standard InChI is InChI=1S/C20H16ClF3N6O/c1-29-11-16(15-5-6-25-10-17(15)29)27-19(31)26-9-14-8-18(20(22,23)24)28-30(14)13-4-2-3-12(21)7-13/h2-8,10-11H,9H2,1H3,(H2,26,27,31). The highest BCUT2D eigenvalue weighted by Crippen LogP contribution is 2.30. The highest BCUT2D eigenvalue weighted by Gasteiger charge is 2.35. The van der Waals surface area contributed by atoms with E-state index in [4.69, 9.17) is 11.6 Å². The van der Waals surface area contributed by atoms with Gasteiger partial charge in [0.15, 0.2) is 5.69 Å². The molecule has 0 bridgehead atoms. The van der Waals surface area contributed by atoms with E-state index in [0.717, 1.165) is 21.7 Å². The lowest BCUT2D eigenvalue weighted by atomic mass is 10.3. The first-order valence-electron chi connectivity index (χ1n) is 9.08. The van der Waals surface area contributed by atoms with Gasteiger partial charge in [-0.15, -0.1) is 0 Å². The van der Waals surface area contributed by atoms with Crippen molar-refractivity contribution in [3.8, 4) is 5.69 Å². The molecule has 2 N–H and O–H groups in total. The normalized spacial score (nSPS) is 11.6. The zero-order valence-corrected chi connectivity index (χ0v) is 16.9. The smallest absolute Gasteiger partial charge is 0.347 e. The van der Waals surface area contributed by atoms with Crippen LogP contribution < -0.4 is 10.6 Å². The minimum absolute atomic E-state index is 0.145. The van der Waals surface area contributed by atoms with E-state index in [2.05, 4.69) is 20.7 Å². The average molecular weight is 449 g/mol. The second-order valence-corrected chi connectivity index (χ2v) is 7.20. The molecular weight excluding hydrogens is 433 g/mol. The third-order valence-corrected chi connectivity index (χ3v) is 4.83. The predicted octanol–water partition coefficient (Wildman–Crippen LogP) is 4.75. The molecule has 160 valence electrons. The van der Waals surface area contributed by atoms with Gasteiger partial charge >= 0.3 is 12.2 Å². The van der Waals surface area contributed by atoms with Crippen molar-refractivity contribution in [2.75, 3.05) is 5.32 Å². The van der Waals surface area contributed by atoms with Crippen molar-refractivity contribution in [3.63, 3.8) is 0 Å². The lowest BCUT2D eigenvalue weighted by Gasteiger charge is -2.10. The molecule has 31 heavy (non-hydrogen) atoms. The van der Waals surface area contributed by atoms with Crippen LogP contribution in [0, 0.1) is 0 Å². The summed E-state index contributed by atoms with van der Waals surface area (Å²) in [5.41, 5.74) is 0.809. The molecule has 4 rings (SSSR count). The molecule has 4 aromatic rings. The van der Waals surface area contributed by atoms with Gasteiger partial charge in [0.05, 0.1) is 35.3 Å². The Morgan fingerprint density at radius 3 is 2.77 bits per heavy atom. The molecule has 0 saturated heterocycles. The third-order valence-electron chi connectivity index (χ3n) is 4.60. The van der Waals surface area contributed by atoms with Crippen molar-refractivity contribution in [3.05, 3.63) is 71.4 Å². The topological polar surface area (TPSA) is 76.8 Å². The summed E-state index contributed by atoms with van der Waals surface area (Å²) in [5.74, 6) is 0. The molecule has 0 fully saturated rings. The molecule has 0 aliphatic carbocycles. The summed E-state index contributed by atoms with van der Waals surface area (Å²) in [4.78, 5) is 16.5. The molecule has 0 unspecified atom stereocenters. The quantitative estimate of drug-likeness (QED) is 0.473. The number of anilines is 1. The van der Waals surface area contributed by atoms with Crippen molar-refractivity contribution in [1.82, 2.24) is 24.6 Å². The van der Waals surface area contributed by atoms with Crippen LogP contribution in [-0.2, 0) is 19.8 Å². The number of fused-ring (bicyclic) bond motifs is 1. The minimum Gasteiger partial charge on any atom is -0.347 e. The number of alkyl halides is 3. The summed E-state index contributed by atoms with van der Waals surface area (Å²) in [5, 5.41) is 10.1. The Labute approximate surface area is 179 Å². The number of hydrogen-bond acceptors (Lipinski definition) is 3. The molecule has 1 aromatic carbocycles. The zero-order chi connectivity index (χ0) is 22.2. The van der Waals surface area contributed by atoms with Crippen LogP contribution in [0.4, 0.5) is 23.7 Å². The van der Waals surface area contributed by atoms with E-state index in [1.165, 1.54) is 6.07 Å². The van der Waals surface area contributed by atoms with Gasteiger partial charge in [0.25, 0.3) is 0 Å². The number of aromatic nitrogens is 4. The largest absolute Gasteiger partial charge is 0.435 e. The maximum absolute atomic E-state index is 13.2. The molecule has 0 atom stereocenters. The Hall–Kier alpha value is -3.53. The number of aryl methyl sites for hydroxylation is 1. The number of halogens is 4. The monoisotopic (exact) mass is 448 g/mol. The number of urea groups is 1. The first-order chi connectivity index (χ1) is 14.7. The highest BCUT2D eigenvalue weighted by atomic mass is 35.5. The van der Waals surface area contributed by atoms with E-state index in [-0.39, 0.29) is 12.2 Å². The van der Waals surface area contributed by atoms with Crippen LogP contribution in [0.5, 0.6) is 0 Å². The molecule has 7 nitrogen and oxygen atoms in total. The number of carbonyl (C=O) groups excluding carboxylic acids is 1. The van der Waals surface area contributed by atoms with E-state index >= 15 is 0 Å². The number of nitrogens with zero attached hydrogens (tertiary/aromatic N) is 4. The van der Waals surface area contributed by atoms with Gasteiger partial charge in [-0.25, -0.2) is 9.48 Å². The van der Waals surface area contributed by atoms with E-state index in [0.29, 0.717) is 16.4 Å². The lowest BCUT2D eigenvalue weighted by molar-refractivity contribution is -0.141. The van der Waals surface area contributed by atoms with E-state index < -0.39 is 17.9 Å². The number of amides is 2. The van der Waals surface area contributed by atoms with Crippen LogP contribution >= 0.6 is 11.6 Å². The Morgan fingerprint density at radius 2 is 2.03 bits per heavy atom. The van der Waals surface area contributed by atoms with Crippen molar-refractivity contribution < 1.29 is 18.0 Å². The Balaban J connectivity index is 1.56. The summed E-state index contributed by atoms with van der Waals surface area (Å²) in [6.07, 6.45) is 0.371. The van der Waals surface area contributed by atoms with Crippen LogP contribution in [0.15, 0.2) is 55.0 Å². The van der Waals surface area contributed by atoms with E-state index in [1.54, 1.807) is 42.9 Å². The summed E-state index contributed by atoms with van der Waals surface area (Å²) in [7, 11) is 1.81. The number of benzene rings is 1. The summed E-state index contributed by atoms with van der Waals surface area (Å²) in [6.45, 7) is -0.187. The number of rotatable bonds is 4. The van der Waals surface area contributed by atoms with E-state index in [1.807, 2.05) is 11.6 Å². The molecule has 0 spiro atoms. The van der Waals surface area contributed by atoms with Gasteiger partial charge in [-0.05, 0) is 30.3 Å². The van der Waals surface area contributed by atoms with Crippen molar-refractivity contribution in [2.45, 2.75) is 12.7 Å². The molecule has 0 radical (unpaired) electrons. The summed E-state index contributed by atoms with van der Waals surface area (Å²) >= 11 is 5.96. The Bertz CT molecular complexity index is 1260. The third kappa shape index (κ3) is 4.33. The van der Waals surface area contributed by atoms with Crippen molar-refractivity contribution in [2.24, 2.45) is 7.05 Å². The second-order valence-electron chi connectivity index (χ2n) is 6.76. The summed E-state index contributed by atoms with van der Waals surface area (Å²) in [6, 6.07) is 8.35. The zero-order valence-electron chi connectivity index (χ0n) is 16.1. The van der Waals surface area contributed by atoms with Gasteiger partial charge in [0.2, 0.25) is 0 Å². The first-order valence-corrected chi connectivity index (χ1v) is 9.46. The summed E-state index contributed by atoms with van der Waals surface area (Å²) < 4.78 is 42.5. The van der Waals surface area contributed by atoms with Crippen LogP contribution in [0.25, 0.3) is 16.6 Å². The Morgan fingerprint density at radius 1 is 1.23 bits per heavy atom. The molecule has 3 heterocycles. The fourth-order valence-electron chi connectivity index (χ4n) is 3.18. The minimum atomic E-state index is -4.63. The van der Waals surface area contributed by atoms with E-state index in [9.17, 15) is 18.0 Å². The number of carbonyl (C=O) groups is 1. The number of pyridine rings is 1. The number of hydrogen-bond donors (Lipinski definition) is 2. The molecule has 3 aromatic heterocycles. The first kappa shape index (κ1) is 20.7.